The Morgan fingerprint density at radius 2 is 1.12 bits per heavy atom. The van der Waals surface area contributed by atoms with E-state index in [-0.39, 0.29) is 73.7 Å². The number of hydrogen-bond acceptors (Lipinski definition) is 3. The topological polar surface area (TPSA) is 63.2 Å². The van der Waals surface area contributed by atoms with Crippen molar-refractivity contribution in [1.82, 2.24) is 0 Å². The molecule has 0 aliphatic carbocycles. The molecule has 0 aromatic rings. The first kappa shape index (κ1) is 30.9. The van der Waals surface area contributed by atoms with E-state index in [0.717, 1.165) is 0 Å². The van der Waals surface area contributed by atoms with Gasteiger partial charge >= 0.3 is 85.9 Å². The molecule has 0 fully saturated rings. The van der Waals surface area contributed by atoms with E-state index >= 15 is 0 Å². The predicted octanol–water partition coefficient (Wildman–Crippen LogP) is -9.14. The first-order chi connectivity index (χ1) is 1.73. The van der Waals surface area contributed by atoms with E-state index in [4.69, 9.17) is 10.7 Å². The van der Waals surface area contributed by atoms with Crippen LogP contribution in [0.3, 0.4) is 0 Å². The molecule has 0 heterocycles. The van der Waals surface area contributed by atoms with Gasteiger partial charge in [0.1, 0.15) is 0 Å². The van der Waals surface area contributed by atoms with Crippen molar-refractivity contribution in [2.75, 3.05) is 0 Å². The quantitative estimate of drug-likeness (QED) is 0.341. The fraction of sp³-hybridized carbons (Fsp3) is 0. The summed E-state index contributed by atoms with van der Waals surface area (Å²) >= 11 is -4.08. The van der Waals surface area contributed by atoms with Gasteiger partial charge in [0.15, 0.2) is 0 Å². The van der Waals surface area contributed by atoms with Gasteiger partial charge in [-0.15, -0.1) is 0 Å². The molecule has 0 aliphatic heterocycles. The summed E-state index contributed by atoms with van der Waals surface area (Å²) in [5.41, 5.74) is 0. The third-order valence-electron chi connectivity index (χ3n) is 0. The normalized spacial score (nSPS) is 3.25. The Morgan fingerprint density at radius 1 is 1.12 bits per heavy atom. The number of hydrogen-bond donors (Lipinski definition) is 0. The summed E-state index contributed by atoms with van der Waals surface area (Å²) in [6.07, 6.45) is 0. The summed E-state index contributed by atoms with van der Waals surface area (Å²) in [4.78, 5) is 0. The van der Waals surface area contributed by atoms with Crippen molar-refractivity contribution in [2.24, 2.45) is 0 Å². The summed E-state index contributed by atoms with van der Waals surface area (Å²) in [5, 5.41) is 0. The fourth-order valence-corrected chi connectivity index (χ4v) is 0. The van der Waals surface area contributed by atoms with Crippen LogP contribution in [0.15, 0.2) is 0 Å². The van der Waals surface area contributed by atoms with Crippen molar-refractivity contribution in [3.63, 3.8) is 0 Å². The van der Waals surface area contributed by atoms with Gasteiger partial charge in [-0.3, -0.25) is 0 Å². The molecular weight excluding hydrogens is 172 g/mol. The van der Waals surface area contributed by atoms with Crippen LogP contribution in [0.5, 0.6) is 0 Å². The Labute approximate surface area is 101 Å². The van der Waals surface area contributed by atoms with Gasteiger partial charge < -0.3 is 0 Å². The molecule has 0 unspecified atom stereocenters. The van der Waals surface area contributed by atoms with Gasteiger partial charge in [0, 0.05) is 17.1 Å². The van der Waals surface area contributed by atoms with Crippen molar-refractivity contribution in [2.45, 2.75) is 0 Å². The summed E-state index contributed by atoms with van der Waals surface area (Å²) in [6, 6.07) is 0. The van der Waals surface area contributed by atoms with Crippen molar-refractivity contribution in [1.29, 1.82) is 0 Å². The molecule has 3 nitrogen and oxygen atoms in total. The number of rotatable bonds is 0. The second-order valence-corrected chi connectivity index (χ2v) is 1.03. The third kappa shape index (κ3) is 69.6. The van der Waals surface area contributed by atoms with Gasteiger partial charge in [0.05, 0.1) is 0 Å². The molecule has 8 heavy (non-hydrogen) atoms. The van der Waals surface area contributed by atoms with Crippen LogP contribution < -0.4 is 45.1 Å². The van der Waals surface area contributed by atoms with Crippen molar-refractivity contribution < 1.29 is 84.1 Å². The Bertz CT molecular complexity index is 37.5. The molecule has 0 saturated carbocycles. The zero-order chi connectivity index (χ0) is 3.58. The maximum absolute atomic E-state index is 8.58. The Kier molecular flexibility index (Phi) is 87.3. The summed E-state index contributed by atoms with van der Waals surface area (Å²) in [7, 11) is 0. The van der Waals surface area contributed by atoms with E-state index in [1.54, 1.807) is 0 Å². The molecule has 0 atom stereocenters. The second-order valence-electron chi connectivity index (χ2n) is 0.250. The van der Waals surface area contributed by atoms with Crippen molar-refractivity contribution in [3.8, 4) is 0 Å². The zero-order valence-electron chi connectivity index (χ0n) is 4.10. The Morgan fingerprint density at radius 3 is 1.12 bits per heavy atom. The van der Waals surface area contributed by atoms with Gasteiger partial charge in [-0.2, -0.15) is 0 Å². The predicted molar refractivity (Wildman–Crippen MR) is 7.84 cm³/mol. The van der Waals surface area contributed by atoms with Gasteiger partial charge in [-0.05, 0) is 0 Å². The first-order valence-electron chi connectivity index (χ1n) is 0.612. The summed E-state index contributed by atoms with van der Waals surface area (Å²) in [5.74, 6) is 0. The van der Waals surface area contributed by atoms with E-state index < -0.39 is 18.6 Å². The molecule has 0 N–H and O–H groups in total. The molecule has 0 rings (SSSR count). The summed E-state index contributed by atoms with van der Waals surface area (Å²) < 4.78 is 25.8. The van der Waals surface area contributed by atoms with E-state index in [1.165, 1.54) is 0 Å². The van der Waals surface area contributed by atoms with Crippen molar-refractivity contribution >= 4 is 18.9 Å². The van der Waals surface area contributed by atoms with Crippen molar-refractivity contribution in [3.05, 3.63) is 0 Å². The SMILES string of the molecule is [Li+].[Li+].[LiH].[Mn].[O]=[Ti]([O-])[O-]. The molecule has 0 aromatic heterocycles. The van der Waals surface area contributed by atoms with Crippen LogP contribution in [0.2, 0.25) is 0 Å². The van der Waals surface area contributed by atoms with Crippen LogP contribution in [0.4, 0.5) is 0 Å². The van der Waals surface area contributed by atoms with E-state index in [9.17, 15) is 0 Å². The minimum atomic E-state index is -4.08. The molecule has 0 aromatic carbocycles. The van der Waals surface area contributed by atoms with Crippen LogP contribution in [-0.2, 0) is 39.0 Å². The molecule has 0 bridgehead atoms. The molecule has 0 saturated heterocycles. The molecule has 8 heteroatoms. The van der Waals surface area contributed by atoms with E-state index in [1.807, 2.05) is 0 Å². The molecule has 0 spiro atoms. The summed E-state index contributed by atoms with van der Waals surface area (Å²) in [6.45, 7) is 0. The minimum absolute atomic E-state index is 0. The molecule has 1 radical (unpaired) electrons. The van der Waals surface area contributed by atoms with Crippen LogP contribution in [0.25, 0.3) is 0 Å². The molecule has 33 valence electrons. The molecule has 0 amide bonds. The van der Waals surface area contributed by atoms with Crippen LogP contribution in [0.1, 0.15) is 0 Å². The van der Waals surface area contributed by atoms with E-state index in [2.05, 4.69) is 0 Å². The Balaban J connectivity index is -0.00000000750. The average Bonchev–Trinajstić information content (AvgIpc) is 0.811. The monoisotopic (exact) mass is 173 g/mol. The average molecular weight is 173 g/mol. The first-order valence-corrected chi connectivity index (χ1v) is 2.52. The van der Waals surface area contributed by atoms with Gasteiger partial charge in [0.2, 0.25) is 0 Å². The van der Waals surface area contributed by atoms with E-state index in [0.29, 0.717) is 0 Å². The second kappa shape index (κ2) is 22.6. The third-order valence-corrected chi connectivity index (χ3v) is 0. The Hall–Kier alpha value is 2.75. The molecular formula is HLi3MnO3Ti. The molecule has 0 aliphatic rings. The van der Waals surface area contributed by atoms with Gasteiger partial charge in [-0.25, -0.2) is 0 Å². The fourth-order valence-electron chi connectivity index (χ4n) is 0. The maximum atomic E-state index is 8.58. The van der Waals surface area contributed by atoms with Crippen LogP contribution in [-0.4, -0.2) is 18.9 Å². The van der Waals surface area contributed by atoms with Gasteiger partial charge in [0.25, 0.3) is 0 Å². The van der Waals surface area contributed by atoms with Gasteiger partial charge in [-0.1, -0.05) is 0 Å². The van der Waals surface area contributed by atoms with Crippen LogP contribution >= 0.6 is 0 Å². The van der Waals surface area contributed by atoms with Crippen LogP contribution in [0, 0.1) is 0 Å². The standard InChI is InChI=1S/3Li.Mn.3O.Ti.H/q;2*+1;;;2*-1;;. The zero-order valence-corrected chi connectivity index (χ0v) is 6.84.